The number of primary amides is 1. The van der Waals surface area contributed by atoms with Crippen LogP contribution in [0.2, 0.25) is 0 Å². The number of carbonyl (C=O) groups excluding carboxylic acids is 2. The molecule has 0 spiro atoms. The molecule has 14 heavy (non-hydrogen) atoms. The first-order valence-corrected chi connectivity index (χ1v) is 3.70. The van der Waals surface area contributed by atoms with E-state index in [-0.39, 0.29) is 18.2 Å². The van der Waals surface area contributed by atoms with E-state index in [9.17, 15) is 9.59 Å². The van der Waals surface area contributed by atoms with Crippen LogP contribution in [0.25, 0.3) is 0 Å². The van der Waals surface area contributed by atoms with Crippen LogP contribution in [0.1, 0.15) is 10.6 Å². The van der Waals surface area contributed by atoms with Crippen molar-refractivity contribution < 1.29 is 18.8 Å². The predicted octanol–water partition coefficient (Wildman–Crippen LogP) is -1.10. The summed E-state index contributed by atoms with van der Waals surface area (Å²) in [7, 11) is 1.39. The smallest absolute Gasteiger partial charge is 0.290 e. The molecule has 1 heterocycles. The Morgan fingerprint density at radius 1 is 1.71 bits per heavy atom. The van der Waals surface area contributed by atoms with Crippen LogP contribution in [0.3, 0.4) is 0 Å². The molecule has 0 unspecified atom stereocenters. The molecule has 0 aliphatic rings. The van der Waals surface area contributed by atoms with Gasteiger partial charge in [0.15, 0.2) is 0 Å². The number of rotatable bonds is 4. The van der Waals surface area contributed by atoms with E-state index in [4.69, 9.17) is 10.5 Å². The standard InChI is InChI=1S/C7H9N3O4/c1-13-6-2-4(14-10-6)7(12)9-3-5(8)11/h2H,3H2,1H3,(H2,8,11)(H,9,12). The van der Waals surface area contributed by atoms with E-state index in [1.165, 1.54) is 13.2 Å². The van der Waals surface area contributed by atoms with Crippen LogP contribution in [0.5, 0.6) is 5.88 Å². The predicted molar refractivity (Wildman–Crippen MR) is 44.6 cm³/mol. The van der Waals surface area contributed by atoms with Gasteiger partial charge in [-0.15, -0.1) is 0 Å². The van der Waals surface area contributed by atoms with Gasteiger partial charge in [0, 0.05) is 0 Å². The van der Waals surface area contributed by atoms with Crippen molar-refractivity contribution in [3.8, 4) is 5.88 Å². The van der Waals surface area contributed by atoms with E-state index in [0.29, 0.717) is 0 Å². The Balaban J connectivity index is 2.56. The van der Waals surface area contributed by atoms with E-state index in [1.807, 2.05) is 0 Å². The highest BCUT2D eigenvalue weighted by atomic mass is 16.5. The molecule has 0 aromatic carbocycles. The van der Waals surface area contributed by atoms with Crippen molar-refractivity contribution >= 4 is 11.8 Å². The second kappa shape index (κ2) is 4.26. The molecule has 7 nitrogen and oxygen atoms in total. The summed E-state index contributed by atoms with van der Waals surface area (Å²) in [5.74, 6) is -1.05. The summed E-state index contributed by atoms with van der Waals surface area (Å²) < 4.78 is 9.30. The number of ether oxygens (including phenoxy) is 1. The molecule has 0 bridgehead atoms. The molecule has 0 atom stereocenters. The third kappa shape index (κ3) is 2.47. The Hall–Kier alpha value is -2.05. The minimum absolute atomic E-state index is 0.0388. The number of hydrogen-bond donors (Lipinski definition) is 2. The Bertz CT molecular complexity index is 346. The lowest BCUT2D eigenvalue weighted by atomic mass is 10.4. The zero-order valence-electron chi connectivity index (χ0n) is 7.44. The zero-order valence-corrected chi connectivity index (χ0v) is 7.44. The second-order valence-corrected chi connectivity index (χ2v) is 2.38. The van der Waals surface area contributed by atoms with E-state index >= 15 is 0 Å². The summed E-state index contributed by atoms with van der Waals surface area (Å²) in [5, 5.41) is 5.64. The zero-order chi connectivity index (χ0) is 10.6. The Morgan fingerprint density at radius 3 is 2.93 bits per heavy atom. The fourth-order valence-electron chi connectivity index (χ4n) is 0.717. The molecular formula is C7H9N3O4. The second-order valence-electron chi connectivity index (χ2n) is 2.38. The number of hydrogen-bond acceptors (Lipinski definition) is 5. The minimum atomic E-state index is -0.634. The highest BCUT2D eigenvalue weighted by molar-refractivity contribution is 5.94. The quantitative estimate of drug-likeness (QED) is 0.639. The number of nitrogens with one attached hydrogen (secondary N) is 1. The number of nitrogens with two attached hydrogens (primary N) is 1. The summed E-state index contributed by atoms with van der Waals surface area (Å²) in [6, 6.07) is 1.30. The number of nitrogens with zero attached hydrogens (tertiary/aromatic N) is 1. The lowest BCUT2D eigenvalue weighted by Gasteiger charge is -1.96. The van der Waals surface area contributed by atoms with Crippen molar-refractivity contribution in [1.29, 1.82) is 0 Å². The molecular weight excluding hydrogens is 190 g/mol. The third-order valence-electron chi connectivity index (χ3n) is 1.34. The molecule has 0 saturated carbocycles. The fourth-order valence-corrected chi connectivity index (χ4v) is 0.717. The average Bonchev–Trinajstić information content (AvgIpc) is 2.62. The maximum atomic E-state index is 11.2. The topological polar surface area (TPSA) is 107 Å². The molecule has 2 amide bonds. The summed E-state index contributed by atoms with van der Waals surface area (Å²) in [6.45, 7) is -0.248. The molecule has 0 aliphatic heterocycles. The summed E-state index contributed by atoms with van der Waals surface area (Å²) in [4.78, 5) is 21.5. The van der Waals surface area contributed by atoms with Gasteiger partial charge in [-0.2, -0.15) is 0 Å². The lowest BCUT2D eigenvalue weighted by molar-refractivity contribution is -0.117. The lowest BCUT2D eigenvalue weighted by Crippen LogP contribution is -2.33. The summed E-state index contributed by atoms with van der Waals surface area (Å²) in [5.41, 5.74) is 4.83. The summed E-state index contributed by atoms with van der Waals surface area (Å²) in [6.07, 6.45) is 0. The van der Waals surface area contributed by atoms with Crippen molar-refractivity contribution in [2.24, 2.45) is 5.73 Å². The minimum Gasteiger partial charge on any atom is -0.479 e. The van der Waals surface area contributed by atoms with Crippen molar-refractivity contribution in [1.82, 2.24) is 10.5 Å². The van der Waals surface area contributed by atoms with E-state index in [0.717, 1.165) is 0 Å². The van der Waals surface area contributed by atoms with E-state index < -0.39 is 11.8 Å². The maximum absolute atomic E-state index is 11.2. The van der Waals surface area contributed by atoms with Crippen LogP contribution in [0.4, 0.5) is 0 Å². The number of aromatic nitrogens is 1. The first kappa shape index (κ1) is 10.0. The third-order valence-corrected chi connectivity index (χ3v) is 1.34. The van der Waals surface area contributed by atoms with Crippen LogP contribution in [-0.4, -0.2) is 30.6 Å². The van der Waals surface area contributed by atoms with Gasteiger partial charge in [0.05, 0.1) is 19.7 Å². The van der Waals surface area contributed by atoms with Crippen LogP contribution < -0.4 is 15.8 Å². The Morgan fingerprint density at radius 2 is 2.43 bits per heavy atom. The van der Waals surface area contributed by atoms with E-state index in [1.54, 1.807) is 0 Å². The van der Waals surface area contributed by atoms with Gasteiger partial charge in [-0.3, -0.25) is 9.59 Å². The van der Waals surface area contributed by atoms with Crippen molar-refractivity contribution in [2.75, 3.05) is 13.7 Å². The van der Waals surface area contributed by atoms with Crippen LogP contribution >= 0.6 is 0 Å². The molecule has 1 rings (SSSR count). The van der Waals surface area contributed by atoms with Crippen LogP contribution in [0, 0.1) is 0 Å². The molecule has 1 aromatic heterocycles. The molecule has 0 aliphatic carbocycles. The van der Waals surface area contributed by atoms with Crippen molar-refractivity contribution in [3.63, 3.8) is 0 Å². The fraction of sp³-hybridized carbons (Fsp3) is 0.286. The van der Waals surface area contributed by atoms with Crippen molar-refractivity contribution in [3.05, 3.63) is 11.8 Å². The van der Waals surface area contributed by atoms with Gasteiger partial charge in [-0.25, -0.2) is 0 Å². The van der Waals surface area contributed by atoms with Gasteiger partial charge < -0.3 is 20.3 Å². The van der Waals surface area contributed by atoms with E-state index in [2.05, 4.69) is 15.0 Å². The number of amides is 2. The Kier molecular flexibility index (Phi) is 3.05. The number of carbonyl (C=O) groups is 2. The highest BCUT2D eigenvalue weighted by Crippen LogP contribution is 2.09. The molecule has 1 aromatic rings. The van der Waals surface area contributed by atoms with Crippen LogP contribution in [0.15, 0.2) is 10.6 Å². The first-order valence-electron chi connectivity index (χ1n) is 3.70. The number of methoxy groups -OCH3 is 1. The normalized spacial score (nSPS) is 9.50. The highest BCUT2D eigenvalue weighted by Gasteiger charge is 2.13. The average molecular weight is 199 g/mol. The first-order chi connectivity index (χ1) is 6.63. The Labute approximate surface area is 79.2 Å². The molecule has 76 valence electrons. The SMILES string of the molecule is COc1cc(C(=O)NCC(N)=O)on1. The molecule has 0 radical (unpaired) electrons. The molecule has 0 fully saturated rings. The van der Waals surface area contributed by atoms with Gasteiger partial charge in [0.2, 0.25) is 11.7 Å². The molecule has 0 saturated heterocycles. The maximum Gasteiger partial charge on any atom is 0.290 e. The van der Waals surface area contributed by atoms with Gasteiger partial charge in [-0.1, -0.05) is 0 Å². The molecule has 3 N–H and O–H groups in total. The van der Waals surface area contributed by atoms with Gasteiger partial charge in [0.25, 0.3) is 11.8 Å². The molecule has 7 heteroatoms. The van der Waals surface area contributed by atoms with Gasteiger partial charge in [0.1, 0.15) is 0 Å². The summed E-state index contributed by atoms with van der Waals surface area (Å²) >= 11 is 0. The van der Waals surface area contributed by atoms with Crippen molar-refractivity contribution in [2.45, 2.75) is 0 Å². The van der Waals surface area contributed by atoms with Gasteiger partial charge in [-0.05, 0) is 5.16 Å². The largest absolute Gasteiger partial charge is 0.479 e. The monoisotopic (exact) mass is 199 g/mol. The van der Waals surface area contributed by atoms with Gasteiger partial charge >= 0.3 is 0 Å². The van der Waals surface area contributed by atoms with Crippen LogP contribution in [-0.2, 0) is 4.79 Å².